The summed E-state index contributed by atoms with van der Waals surface area (Å²) in [6.45, 7) is 0. The first-order valence-corrected chi connectivity index (χ1v) is 3.00. The summed E-state index contributed by atoms with van der Waals surface area (Å²) >= 11 is 7.76. The lowest BCUT2D eigenvalue weighted by molar-refractivity contribution is -0.133. The Morgan fingerprint density at radius 2 is 2.11 bits per heavy atom. The van der Waals surface area contributed by atoms with Crippen molar-refractivity contribution in [2.24, 2.45) is 0 Å². The molecule has 0 aromatic rings. The molecule has 0 aliphatic rings. The normalized spacial score (nSPS) is 12.2. The van der Waals surface area contributed by atoms with Gasteiger partial charge >= 0.3 is 5.97 Å². The fourth-order valence-electron chi connectivity index (χ4n) is 0.176. The summed E-state index contributed by atoms with van der Waals surface area (Å²) in [7, 11) is 0. The summed E-state index contributed by atoms with van der Waals surface area (Å²) in [6, 6.07) is 0. The molecule has 0 saturated heterocycles. The van der Waals surface area contributed by atoms with Crippen LogP contribution in [0.15, 0.2) is 9.51 Å². The highest BCUT2D eigenvalue weighted by atomic mass is 79.9. The Hall–Kier alpha value is -0.350. The molecule has 9 heavy (non-hydrogen) atoms. The Morgan fingerprint density at radius 3 is 2.11 bits per heavy atom. The van der Waals surface area contributed by atoms with Crippen LogP contribution in [0.5, 0.6) is 0 Å². The third-order valence-electron chi connectivity index (χ3n) is 0.552. The van der Waals surface area contributed by atoms with Crippen LogP contribution >= 0.6 is 27.5 Å². The van der Waals surface area contributed by atoms with Gasteiger partial charge in [0.25, 0.3) is 0 Å². The van der Waals surface area contributed by atoms with E-state index in [1.807, 2.05) is 0 Å². The second-order valence-corrected chi connectivity index (χ2v) is 2.72. The molecule has 0 aromatic carbocycles. The molecule has 3 nitrogen and oxygen atoms in total. The van der Waals surface area contributed by atoms with Crippen LogP contribution in [-0.2, 0) is 9.59 Å². The SMILES string of the molecule is O=CC(C(=O)O)=C(Cl)Br. The fourth-order valence-corrected chi connectivity index (χ4v) is 0.564. The standard InChI is InChI=1S/C4H2BrClO3/c5-3(6)2(1-7)4(8)9/h1H,(H,8,9). The molecular formula is C4H2BrClO3. The average molecular weight is 213 g/mol. The van der Waals surface area contributed by atoms with Gasteiger partial charge in [-0.15, -0.1) is 0 Å². The molecule has 0 aliphatic heterocycles. The van der Waals surface area contributed by atoms with Crippen molar-refractivity contribution < 1.29 is 14.7 Å². The van der Waals surface area contributed by atoms with E-state index in [2.05, 4.69) is 15.9 Å². The molecule has 0 bridgehead atoms. The lowest BCUT2D eigenvalue weighted by Crippen LogP contribution is -2.01. The number of aldehydes is 1. The number of carbonyl (C=O) groups is 2. The summed E-state index contributed by atoms with van der Waals surface area (Å²) < 4.78 is -0.190. The van der Waals surface area contributed by atoms with Gasteiger partial charge in [-0.2, -0.15) is 0 Å². The zero-order valence-electron chi connectivity index (χ0n) is 4.10. The lowest BCUT2D eigenvalue weighted by Gasteiger charge is -1.87. The highest BCUT2D eigenvalue weighted by Crippen LogP contribution is 2.14. The molecule has 0 aliphatic carbocycles. The smallest absolute Gasteiger partial charge is 0.341 e. The predicted molar refractivity (Wildman–Crippen MR) is 35.5 cm³/mol. The largest absolute Gasteiger partial charge is 0.478 e. The van der Waals surface area contributed by atoms with E-state index in [4.69, 9.17) is 16.7 Å². The minimum Gasteiger partial charge on any atom is -0.478 e. The second kappa shape index (κ2) is 3.63. The molecular weight excluding hydrogens is 211 g/mol. The van der Waals surface area contributed by atoms with Crippen molar-refractivity contribution in [2.75, 3.05) is 0 Å². The van der Waals surface area contributed by atoms with Gasteiger partial charge in [0.15, 0.2) is 6.29 Å². The number of hydrogen-bond acceptors (Lipinski definition) is 2. The molecule has 0 atom stereocenters. The average Bonchev–Trinajstić information content (AvgIpc) is 1.64. The van der Waals surface area contributed by atoms with Crippen molar-refractivity contribution in [1.29, 1.82) is 0 Å². The summed E-state index contributed by atoms with van der Waals surface area (Å²) in [5.74, 6) is -1.34. The molecule has 0 rings (SSSR count). The number of hydrogen-bond donors (Lipinski definition) is 1. The van der Waals surface area contributed by atoms with Gasteiger partial charge in [-0.3, -0.25) is 4.79 Å². The first-order chi connectivity index (χ1) is 4.09. The van der Waals surface area contributed by atoms with Crippen LogP contribution in [0.2, 0.25) is 0 Å². The first kappa shape index (κ1) is 8.65. The fraction of sp³-hybridized carbons (Fsp3) is 0. The highest BCUT2D eigenvalue weighted by Gasteiger charge is 2.08. The van der Waals surface area contributed by atoms with E-state index in [1.54, 1.807) is 0 Å². The van der Waals surface area contributed by atoms with Crippen molar-refractivity contribution in [3.05, 3.63) is 9.51 Å². The van der Waals surface area contributed by atoms with Gasteiger partial charge in [-0.05, 0) is 15.9 Å². The maximum Gasteiger partial charge on any atom is 0.341 e. The summed E-state index contributed by atoms with van der Waals surface area (Å²) in [5, 5.41) is 8.14. The van der Waals surface area contributed by atoms with Crippen LogP contribution in [0.4, 0.5) is 0 Å². The Bertz CT molecular complexity index is 171. The Kier molecular flexibility index (Phi) is 3.49. The van der Waals surface area contributed by atoms with Gasteiger partial charge < -0.3 is 5.11 Å². The van der Waals surface area contributed by atoms with Gasteiger partial charge in [0.2, 0.25) is 0 Å². The van der Waals surface area contributed by atoms with Crippen LogP contribution < -0.4 is 0 Å². The van der Waals surface area contributed by atoms with Gasteiger partial charge in [-0.25, -0.2) is 4.79 Å². The summed E-state index contributed by atoms with van der Waals surface area (Å²) in [5.41, 5.74) is -0.475. The lowest BCUT2D eigenvalue weighted by atomic mass is 10.3. The van der Waals surface area contributed by atoms with Gasteiger partial charge in [0.1, 0.15) is 9.51 Å². The summed E-state index contributed by atoms with van der Waals surface area (Å²) in [4.78, 5) is 19.8. The van der Waals surface area contributed by atoms with E-state index in [9.17, 15) is 9.59 Å². The molecule has 0 aromatic heterocycles. The monoisotopic (exact) mass is 212 g/mol. The van der Waals surface area contributed by atoms with Gasteiger partial charge in [0.05, 0.1) is 0 Å². The van der Waals surface area contributed by atoms with E-state index in [0.29, 0.717) is 0 Å². The molecule has 5 heteroatoms. The third kappa shape index (κ3) is 2.62. The van der Waals surface area contributed by atoms with Crippen LogP contribution in [0.3, 0.4) is 0 Å². The number of carbonyl (C=O) groups excluding carboxylic acids is 1. The number of aliphatic carboxylic acids is 1. The topological polar surface area (TPSA) is 54.4 Å². The first-order valence-electron chi connectivity index (χ1n) is 1.83. The summed E-state index contributed by atoms with van der Waals surface area (Å²) in [6.07, 6.45) is 0.166. The molecule has 0 radical (unpaired) electrons. The van der Waals surface area contributed by atoms with Crippen molar-refractivity contribution in [3.8, 4) is 0 Å². The van der Waals surface area contributed by atoms with Crippen molar-refractivity contribution in [3.63, 3.8) is 0 Å². The minimum atomic E-state index is -1.34. The van der Waals surface area contributed by atoms with E-state index < -0.39 is 11.5 Å². The van der Waals surface area contributed by atoms with Crippen molar-refractivity contribution in [2.45, 2.75) is 0 Å². The van der Waals surface area contributed by atoms with E-state index in [0.717, 1.165) is 0 Å². The van der Waals surface area contributed by atoms with E-state index >= 15 is 0 Å². The quantitative estimate of drug-likeness (QED) is 0.324. The van der Waals surface area contributed by atoms with Crippen LogP contribution in [-0.4, -0.2) is 17.4 Å². The van der Waals surface area contributed by atoms with Crippen LogP contribution in [0, 0.1) is 0 Å². The Morgan fingerprint density at radius 1 is 1.67 bits per heavy atom. The van der Waals surface area contributed by atoms with Gasteiger partial charge in [0, 0.05) is 0 Å². The van der Waals surface area contributed by atoms with Crippen LogP contribution in [0.1, 0.15) is 0 Å². The molecule has 1 N–H and O–H groups in total. The maximum atomic E-state index is 9.97. The molecule has 0 spiro atoms. The number of carboxylic acids is 1. The Labute approximate surface area is 64.4 Å². The zero-order chi connectivity index (χ0) is 7.44. The molecule has 0 fully saturated rings. The highest BCUT2D eigenvalue weighted by molar-refractivity contribution is 9.12. The number of halogens is 2. The third-order valence-corrected chi connectivity index (χ3v) is 1.18. The van der Waals surface area contributed by atoms with Crippen molar-refractivity contribution >= 4 is 39.8 Å². The number of carboxylic acid groups (broad SMARTS) is 1. The van der Waals surface area contributed by atoms with E-state index in [1.165, 1.54) is 0 Å². The minimum absolute atomic E-state index is 0.166. The van der Waals surface area contributed by atoms with E-state index in [-0.39, 0.29) is 10.2 Å². The van der Waals surface area contributed by atoms with Crippen molar-refractivity contribution in [1.82, 2.24) is 0 Å². The van der Waals surface area contributed by atoms with Gasteiger partial charge in [-0.1, -0.05) is 11.6 Å². The molecule has 50 valence electrons. The second-order valence-electron chi connectivity index (χ2n) is 1.10. The maximum absolute atomic E-state index is 9.97. The molecule has 0 amide bonds. The van der Waals surface area contributed by atoms with Crippen LogP contribution in [0.25, 0.3) is 0 Å². The number of rotatable bonds is 2. The Balaban J connectivity index is 4.55. The molecule has 0 heterocycles. The molecule has 0 saturated carbocycles. The zero-order valence-corrected chi connectivity index (χ0v) is 6.44. The molecule has 0 unspecified atom stereocenters. The predicted octanol–water partition coefficient (Wildman–Crippen LogP) is 1.12.